The number of fused-ring (bicyclic) bond motifs is 1. The largest absolute Gasteiger partial charge is 0.478 e. The molecule has 194 valence electrons. The van der Waals surface area contributed by atoms with Crippen LogP contribution in [0.25, 0.3) is 28.4 Å². The van der Waals surface area contributed by atoms with Crippen LogP contribution in [0, 0.1) is 5.41 Å². The van der Waals surface area contributed by atoms with Gasteiger partial charge < -0.3 is 19.1 Å². The molecule has 4 aromatic rings. The Morgan fingerprint density at radius 2 is 1.95 bits per heavy atom. The zero-order chi connectivity index (χ0) is 26.2. The van der Waals surface area contributed by atoms with Crippen molar-refractivity contribution in [3.05, 3.63) is 69.0 Å². The van der Waals surface area contributed by atoms with Crippen molar-refractivity contribution in [2.45, 2.75) is 38.0 Å². The standard InChI is InChI=1S/C29H26Cl2N4O3/c1-34-14-20(28(36)37)18-7-8-23(32-27(18)34)35-10-9-29(15-35)12-16(13-29)11-19-25(33-38-26(19)17-5-6-17)24-21(30)3-2-4-22(24)31/h2-4,7-8,11,14,17H,5-6,9-10,12-13,15H2,1H3,(H,36,37). The van der Waals surface area contributed by atoms with Gasteiger partial charge in [-0.2, -0.15) is 0 Å². The molecule has 2 saturated carbocycles. The summed E-state index contributed by atoms with van der Waals surface area (Å²) in [6.45, 7) is 1.87. The van der Waals surface area contributed by atoms with Crippen LogP contribution in [0.3, 0.4) is 0 Å². The third-order valence-corrected chi connectivity index (χ3v) is 8.89. The highest BCUT2D eigenvalue weighted by atomic mass is 35.5. The molecule has 4 heterocycles. The van der Waals surface area contributed by atoms with Crippen LogP contribution in [0.1, 0.15) is 59.7 Å². The SMILES string of the molecule is Cn1cc(C(=O)O)c2ccc(N3CCC4(CC(=Cc5c(-c6c(Cl)cccc6Cl)noc5C5CC5)C4)C3)nc21. The third-order valence-electron chi connectivity index (χ3n) is 8.26. The van der Waals surface area contributed by atoms with Crippen LogP contribution >= 0.6 is 23.2 Å². The van der Waals surface area contributed by atoms with Crippen molar-refractivity contribution >= 4 is 52.1 Å². The van der Waals surface area contributed by atoms with E-state index in [4.69, 9.17) is 32.7 Å². The molecule has 1 spiro atoms. The summed E-state index contributed by atoms with van der Waals surface area (Å²) in [6.07, 6.45) is 9.25. The van der Waals surface area contributed by atoms with Gasteiger partial charge in [0, 0.05) is 48.8 Å². The molecule has 7 rings (SSSR count). The molecule has 7 nitrogen and oxygen atoms in total. The Morgan fingerprint density at radius 3 is 2.66 bits per heavy atom. The number of rotatable bonds is 5. The Labute approximate surface area is 229 Å². The van der Waals surface area contributed by atoms with Gasteiger partial charge in [-0.3, -0.25) is 0 Å². The van der Waals surface area contributed by atoms with E-state index >= 15 is 0 Å². The molecule has 9 heteroatoms. The molecule has 1 N–H and O–H groups in total. The van der Waals surface area contributed by atoms with Gasteiger partial charge in [0.2, 0.25) is 0 Å². The monoisotopic (exact) mass is 548 g/mol. The molecule has 1 aromatic carbocycles. The number of anilines is 1. The highest BCUT2D eigenvalue weighted by molar-refractivity contribution is 6.39. The number of halogens is 2. The second-order valence-corrected chi connectivity index (χ2v) is 11.8. The van der Waals surface area contributed by atoms with Crippen LogP contribution in [-0.4, -0.2) is 38.9 Å². The Bertz CT molecular complexity index is 1620. The quantitative estimate of drug-likeness (QED) is 0.284. The Balaban J connectivity index is 1.14. The number of pyridine rings is 1. The second kappa shape index (κ2) is 8.61. The van der Waals surface area contributed by atoms with Crippen LogP contribution in [-0.2, 0) is 7.05 Å². The molecule has 0 unspecified atom stereocenters. The van der Waals surface area contributed by atoms with E-state index < -0.39 is 5.97 Å². The average Bonchev–Trinajstić information content (AvgIpc) is 3.33. The smallest absolute Gasteiger partial charge is 0.337 e. The van der Waals surface area contributed by atoms with Crippen LogP contribution < -0.4 is 4.90 Å². The Kier molecular flexibility index (Phi) is 5.39. The zero-order valence-electron chi connectivity index (χ0n) is 20.9. The first-order valence-corrected chi connectivity index (χ1v) is 13.7. The topological polar surface area (TPSA) is 84.4 Å². The van der Waals surface area contributed by atoms with Crippen LogP contribution in [0.2, 0.25) is 10.0 Å². The van der Waals surface area contributed by atoms with Gasteiger partial charge in [0.05, 0.1) is 15.6 Å². The minimum atomic E-state index is -0.934. The molecule has 3 fully saturated rings. The van der Waals surface area contributed by atoms with Crippen molar-refractivity contribution < 1.29 is 14.4 Å². The van der Waals surface area contributed by atoms with E-state index in [1.54, 1.807) is 10.8 Å². The maximum Gasteiger partial charge on any atom is 0.337 e. The maximum atomic E-state index is 11.6. The second-order valence-electron chi connectivity index (χ2n) is 11.0. The van der Waals surface area contributed by atoms with E-state index in [9.17, 15) is 9.90 Å². The molecule has 0 radical (unpaired) electrons. The van der Waals surface area contributed by atoms with Gasteiger partial charge in [0.15, 0.2) is 0 Å². The van der Waals surface area contributed by atoms with Crippen molar-refractivity contribution in [1.82, 2.24) is 14.7 Å². The summed E-state index contributed by atoms with van der Waals surface area (Å²) in [5.41, 5.74) is 5.07. The number of nitrogens with zero attached hydrogens (tertiary/aromatic N) is 4. The molecule has 3 aromatic heterocycles. The fraction of sp³-hybridized carbons (Fsp3) is 0.345. The first-order valence-electron chi connectivity index (χ1n) is 12.9. The van der Waals surface area contributed by atoms with Gasteiger partial charge in [-0.1, -0.05) is 40.0 Å². The summed E-state index contributed by atoms with van der Waals surface area (Å²) in [5, 5.41) is 15.7. The first-order chi connectivity index (χ1) is 18.3. The minimum Gasteiger partial charge on any atom is -0.478 e. The van der Waals surface area contributed by atoms with Gasteiger partial charge in [0.1, 0.15) is 22.9 Å². The number of carbonyl (C=O) groups is 1. The number of hydrogen-bond donors (Lipinski definition) is 1. The van der Waals surface area contributed by atoms with Crippen LogP contribution in [0.4, 0.5) is 5.82 Å². The number of allylic oxidation sites excluding steroid dienone is 1. The van der Waals surface area contributed by atoms with E-state index in [2.05, 4.69) is 16.1 Å². The lowest BCUT2D eigenvalue weighted by Gasteiger charge is -2.41. The summed E-state index contributed by atoms with van der Waals surface area (Å²) in [4.78, 5) is 18.7. The lowest BCUT2D eigenvalue weighted by molar-refractivity contribution is 0.0699. The van der Waals surface area contributed by atoms with Crippen molar-refractivity contribution in [2.24, 2.45) is 12.5 Å². The van der Waals surface area contributed by atoms with Gasteiger partial charge in [-0.05, 0) is 67.9 Å². The number of aromatic carboxylic acids is 1. The molecule has 0 atom stereocenters. The predicted molar refractivity (Wildman–Crippen MR) is 148 cm³/mol. The number of aromatic nitrogens is 3. The van der Waals surface area contributed by atoms with Crippen LogP contribution in [0.5, 0.6) is 0 Å². The van der Waals surface area contributed by atoms with Gasteiger partial charge in [-0.25, -0.2) is 9.78 Å². The summed E-state index contributed by atoms with van der Waals surface area (Å²) in [6, 6.07) is 9.33. The number of benzene rings is 1. The zero-order valence-corrected chi connectivity index (χ0v) is 22.4. The van der Waals surface area contributed by atoms with E-state index in [-0.39, 0.29) is 11.0 Å². The maximum absolute atomic E-state index is 11.6. The summed E-state index contributed by atoms with van der Waals surface area (Å²) < 4.78 is 7.63. The normalized spacial score (nSPS) is 20.9. The van der Waals surface area contributed by atoms with Gasteiger partial charge >= 0.3 is 5.97 Å². The van der Waals surface area contributed by atoms with Crippen LogP contribution in [0.15, 0.2) is 46.6 Å². The summed E-state index contributed by atoms with van der Waals surface area (Å²) in [7, 11) is 1.84. The minimum absolute atomic E-state index is 0.224. The average molecular weight is 549 g/mol. The summed E-state index contributed by atoms with van der Waals surface area (Å²) in [5.74, 6) is 1.33. The molecule has 2 aliphatic carbocycles. The number of carboxylic acids is 1. The van der Waals surface area contributed by atoms with E-state index in [0.717, 1.165) is 73.6 Å². The molecule has 0 bridgehead atoms. The van der Waals surface area contributed by atoms with E-state index in [0.29, 0.717) is 27.0 Å². The highest BCUT2D eigenvalue weighted by Gasteiger charge is 2.46. The lowest BCUT2D eigenvalue weighted by atomic mass is 9.64. The Morgan fingerprint density at radius 1 is 1.18 bits per heavy atom. The van der Waals surface area contributed by atoms with Crippen molar-refractivity contribution in [3.63, 3.8) is 0 Å². The molecule has 1 aliphatic heterocycles. The molecular weight excluding hydrogens is 523 g/mol. The van der Waals surface area contributed by atoms with Gasteiger partial charge in [-0.15, -0.1) is 0 Å². The molecule has 3 aliphatic rings. The van der Waals surface area contributed by atoms with Gasteiger partial charge in [0.25, 0.3) is 0 Å². The van der Waals surface area contributed by atoms with E-state index in [1.807, 2.05) is 37.4 Å². The van der Waals surface area contributed by atoms with Crippen molar-refractivity contribution in [1.29, 1.82) is 0 Å². The molecule has 0 amide bonds. The third kappa shape index (κ3) is 3.83. The molecular formula is C29H26Cl2N4O3. The molecule has 38 heavy (non-hydrogen) atoms. The van der Waals surface area contributed by atoms with E-state index in [1.165, 1.54) is 5.57 Å². The fourth-order valence-electron chi connectivity index (χ4n) is 6.22. The number of carboxylic acid groups (broad SMARTS) is 1. The first kappa shape index (κ1) is 23.8. The fourth-order valence-corrected chi connectivity index (χ4v) is 6.80. The van der Waals surface area contributed by atoms with Crippen molar-refractivity contribution in [3.8, 4) is 11.3 Å². The predicted octanol–water partition coefficient (Wildman–Crippen LogP) is 7.18. The summed E-state index contributed by atoms with van der Waals surface area (Å²) >= 11 is 13.1. The lowest BCUT2D eigenvalue weighted by Crippen LogP contribution is -2.35. The Hall–Kier alpha value is -3.29. The number of hydrogen-bond acceptors (Lipinski definition) is 5. The number of aryl methyl sites for hydroxylation is 1. The highest BCUT2D eigenvalue weighted by Crippen LogP contribution is 2.54. The molecule has 1 saturated heterocycles. The van der Waals surface area contributed by atoms with Crippen molar-refractivity contribution in [2.75, 3.05) is 18.0 Å².